The zero-order valence-electron chi connectivity index (χ0n) is 18.4. The molecule has 0 saturated heterocycles. The molecule has 0 aromatic heterocycles. The molecule has 0 aromatic carbocycles. The maximum absolute atomic E-state index is 2.66. The number of rotatable bonds is 2. The van der Waals surface area contributed by atoms with Crippen LogP contribution in [-0.2, 0) is 0 Å². The maximum Gasteiger partial charge on any atom is -0.0292 e. The van der Waals surface area contributed by atoms with Gasteiger partial charge < -0.3 is 0 Å². The molecule has 0 radical (unpaired) electrons. The monoisotopic (exact) mass is 346 g/mol. The molecule has 0 amide bonds. The van der Waals surface area contributed by atoms with Crippen LogP contribution in [0.4, 0.5) is 0 Å². The molecule has 146 valence electrons. The Bertz CT molecular complexity index is 431. The molecule has 25 heavy (non-hydrogen) atoms. The van der Waals surface area contributed by atoms with Gasteiger partial charge in [0, 0.05) is 0 Å². The highest BCUT2D eigenvalue weighted by Gasteiger charge is 2.50. The van der Waals surface area contributed by atoms with Crippen LogP contribution < -0.4 is 0 Å². The lowest BCUT2D eigenvalue weighted by atomic mass is 9.49. The quantitative estimate of drug-likeness (QED) is 0.475. The van der Waals surface area contributed by atoms with Gasteiger partial charge in [0.15, 0.2) is 0 Å². The normalized spacial score (nSPS) is 43.6. The molecule has 5 unspecified atom stereocenters. The van der Waals surface area contributed by atoms with Crippen LogP contribution in [0.3, 0.4) is 0 Å². The van der Waals surface area contributed by atoms with E-state index in [2.05, 4.69) is 48.5 Å². The van der Waals surface area contributed by atoms with Crippen LogP contribution in [0.25, 0.3) is 0 Å². The second-order valence-electron chi connectivity index (χ2n) is 12.0. The Hall–Kier alpha value is 0. The lowest BCUT2D eigenvalue weighted by Gasteiger charge is -2.56. The predicted octanol–water partition coefficient (Wildman–Crippen LogP) is 7.96. The number of hydrogen-bond donors (Lipinski definition) is 0. The summed E-state index contributed by atoms with van der Waals surface area (Å²) in [6, 6.07) is 0. The van der Waals surface area contributed by atoms with Gasteiger partial charge in [0.25, 0.3) is 0 Å². The van der Waals surface area contributed by atoms with Crippen molar-refractivity contribution in [3.63, 3.8) is 0 Å². The summed E-state index contributed by atoms with van der Waals surface area (Å²) in [7, 11) is 0. The van der Waals surface area contributed by atoms with Gasteiger partial charge in [-0.25, -0.2) is 0 Å². The Labute approximate surface area is 158 Å². The van der Waals surface area contributed by atoms with Gasteiger partial charge >= 0.3 is 0 Å². The average molecular weight is 347 g/mol. The van der Waals surface area contributed by atoms with E-state index in [9.17, 15) is 0 Å². The predicted molar refractivity (Wildman–Crippen MR) is 111 cm³/mol. The van der Waals surface area contributed by atoms with E-state index in [4.69, 9.17) is 0 Å². The van der Waals surface area contributed by atoms with E-state index in [1.165, 1.54) is 57.8 Å². The smallest absolute Gasteiger partial charge is 0.0292 e. The number of hydrogen-bond acceptors (Lipinski definition) is 0. The molecule has 0 heteroatoms. The topological polar surface area (TPSA) is 0 Å². The molecule has 3 rings (SSSR count). The van der Waals surface area contributed by atoms with Gasteiger partial charge in [-0.15, -0.1) is 0 Å². The Morgan fingerprint density at radius 2 is 1.24 bits per heavy atom. The van der Waals surface area contributed by atoms with Crippen molar-refractivity contribution < 1.29 is 0 Å². The molecule has 3 aliphatic carbocycles. The molecule has 0 aliphatic heterocycles. The summed E-state index contributed by atoms with van der Waals surface area (Å²) < 4.78 is 0. The van der Waals surface area contributed by atoms with Gasteiger partial charge in [-0.05, 0) is 90.8 Å². The lowest BCUT2D eigenvalue weighted by Crippen LogP contribution is -2.49. The van der Waals surface area contributed by atoms with Crippen LogP contribution in [0, 0.1) is 52.3 Å². The zero-order valence-corrected chi connectivity index (χ0v) is 18.4. The van der Waals surface area contributed by atoms with Crippen LogP contribution in [-0.4, -0.2) is 0 Å². The summed E-state index contributed by atoms with van der Waals surface area (Å²) in [4.78, 5) is 0. The first-order valence-corrected chi connectivity index (χ1v) is 11.6. The van der Waals surface area contributed by atoms with Gasteiger partial charge in [0.1, 0.15) is 0 Å². The molecule has 3 fully saturated rings. The van der Waals surface area contributed by atoms with E-state index in [0.717, 1.165) is 41.4 Å². The highest BCUT2D eigenvalue weighted by Crippen LogP contribution is 2.58. The molecule has 0 heterocycles. The SMILES string of the molecule is CC1CC2CCCCC2C(C)C1C(C)(C)C1CCC(C(C)(C)C)CC1. The van der Waals surface area contributed by atoms with Crippen molar-refractivity contribution in [2.24, 2.45) is 52.3 Å². The maximum atomic E-state index is 2.66. The molecular weight excluding hydrogens is 300 g/mol. The average Bonchev–Trinajstić information content (AvgIpc) is 2.54. The minimum Gasteiger partial charge on any atom is -0.0622 e. The molecule has 0 bridgehead atoms. The summed E-state index contributed by atoms with van der Waals surface area (Å²) >= 11 is 0. The van der Waals surface area contributed by atoms with E-state index in [0.29, 0.717) is 10.8 Å². The molecular formula is C25H46. The van der Waals surface area contributed by atoms with Crippen molar-refractivity contribution in [2.75, 3.05) is 0 Å². The zero-order chi connectivity index (χ0) is 18.4. The van der Waals surface area contributed by atoms with Gasteiger partial charge in [0.2, 0.25) is 0 Å². The van der Waals surface area contributed by atoms with E-state index in [1.54, 1.807) is 0 Å². The van der Waals surface area contributed by atoms with Crippen molar-refractivity contribution in [1.82, 2.24) is 0 Å². The van der Waals surface area contributed by atoms with Crippen molar-refractivity contribution in [3.8, 4) is 0 Å². The summed E-state index contributed by atoms with van der Waals surface area (Å²) in [5, 5.41) is 0. The largest absolute Gasteiger partial charge is 0.0622 e. The summed E-state index contributed by atoms with van der Waals surface area (Å²) in [6.07, 6.45) is 13.5. The summed E-state index contributed by atoms with van der Waals surface area (Å²) in [5.74, 6) is 6.84. The van der Waals surface area contributed by atoms with E-state index >= 15 is 0 Å². The van der Waals surface area contributed by atoms with Crippen molar-refractivity contribution >= 4 is 0 Å². The third kappa shape index (κ3) is 3.84. The Morgan fingerprint density at radius 3 is 1.84 bits per heavy atom. The molecule has 0 aromatic rings. The molecule has 3 saturated carbocycles. The van der Waals surface area contributed by atoms with Crippen LogP contribution in [0.2, 0.25) is 0 Å². The third-order valence-electron chi connectivity index (χ3n) is 9.36. The highest BCUT2D eigenvalue weighted by molar-refractivity contribution is 4.99. The Morgan fingerprint density at radius 1 is 0.680 bits per heavy atom. The first kappa shape index (κ1) is 19.8. The van der Waals surface area contributed by atoms with E-state index in [-0.39, 0.29) is 0 Å². The molecule has 0 spiro atoms. The van der Waals surface area contributed by atoms with Crippen molar-refractivity contribution in [3.05, 3.63) is 0 Å². The minimum atomic E-state index is 0.510. The molecule has 0 nitrogen and oxygen atoms in total. The Balaban J connectivity index is 1.71. The van der Waals surface area contributed by atoms with Crippen molar-refractivity contribution in [1.29, 1.82) is 0 Å². The third-order valence-corrected chi connectivity index (χ3v) is 9.36. The van der Waals surface area contributed by atoms with Crippen LogP contribution in [0.15, 0.2) is 0 Å². The fraction of sp³-hybridized carbons (Fsp3) is 1.00. The van der Waals surface area contributed by atoms with Crippen LogP contribution in [0.5, 0.6) is 0 Å². The first-order valence-electron chi connectivity index (χ1n) is 11.6. The van der Waals surface area contributed by atoms with E-state index < -0.39 is 0 Å². The number of fused-ring (bicyclic) bond motifs is 1. The van der Waals surface area contributed by atoms with Gasteiger partial charge in [-0.1, -0.05) is 67.7 Å². The van der Waals surface area contributed by atoms with Crippen molar-refractivity contribution in [2.45, 2.75) is 106 Å². The molecule has 5 atom stereocenters. The van der Waals surface area contributed by atoms with Gasteiger partial charge in [0.05, 0.1) is 0 Å². The first-order chi connectivity index (χ1) is 11.6. The fourth-order valence-electron chi connectivity index (χ4n) is 8.02. The standard InChI is InChI=1S/C25H46/c1-17-16-19-10-8-9-11-22(19)18(2)23(17)25(6,7)21-14-12-20(13-15-21)24(3,4)5/h17-23H,8-16H2,1-7H3. The van der Waals surface area contributed by atoms with E-state index in [1.807, 2.05) is 0 Å². The molecule has 3 aliphatic rings. The Kier molecular flexibility index (Phi) is 5.69. The van der Waals surface area contributed by atoms with Crippen LogP contribution >= 0.6 is 0 Å². The van der Waals surface area contributed by atoms with Gasteiger partial charge in [-0.2, -0.15) is 0 Å². The highest BCUT2D eigenvalue weighted by atomic mass is 14.5. The summed E-state index contributed by atoms with van der Waals surface area (Å²) in [6.45, 7) is 17.9. The fourth-order valence-corrected chi connectivity index (χ4v) is 8.02. The summed E-state index contributed by atoms with van der Waals surface area (Å²) in [5.41, 5.74) is 1.04. The van der Waals surface area contributed by atoms with Gasteiger partial charge in [-0.3, -0.25) is 0 Å². The minimum absolute atomic E-state index is 0.510. The second kappa shape index (κ2) is 7.20. The lowest BCUT2D eigenvalue weighted by molar-refractivity contribution is -0.0698. The van der Waals surface area contributed by atoms with Crippen LogP contribution in [0.1, 0.15) is 106 Å². The molecule has 0 N–H and O–H groups in total. The second-order valence-corrected chi connectivity index (χ2v) is 12.0.